The maximum absolute atomic E-state index is 13.2. The lowest BCUT2D eigenvalue weighted by molar-refractivity contribution is -0.145. The fourth-order valence-corrected chi connectivity index (χ4v) is 4.81. The first-order valence-corrected chi connectivity index (χ1v) is 12.6. The lowest BCUT2D eigenvalue weighted by Crippen LogP contribution is -2.41. The molecule has 36 heavy (non-hydrogen) atoms. The molecule has 7 nitrogen and oxygen atoms in total. The van der Waals surface area contributed by atoms with Crippen molar-refractivity contribution in [1.82, 2.24) is 4.90 Å². The van der Waals surface area contributed by atoms with Crippen LogP contribution in [0.2, 0.25) is 0 Å². The Labute approximate surface area is 212 Å². The van der Waals surface area contributed by atoms with Crippen molar-refractivity contribution in [3.8, 4) is 11.5 Å². The van der Waals surface area contributed by atoms with Gasteiger partial charge in [0.1, 0.15) is 0 Å². The Bertz CT molecular complexity index is 1220. The molecule has 0 saturated carbocycles. The number of ether oxygens (including phenoxy) is 3. The molecule has 1 N–H and O–H groups in total. The predicted octanol–water partition coefficient (Wildman–Crippen LogP) is 5.13. The molecule has 0 aliphatic carbocycles. The number of anilines is 1. The summed E-state index contributed by atoms with van der Waals surface area (Å²) in [5.41, 5.74) is 2.85. The highest BCUT2D eigenvalue weighted by Crippen LogP contribution is 2.40. The molecule has 1 amide bonds. The number of nitrogens with zero attached hydrogens (tertiary/aromatic N) is 1. The fourth-order valence-electron chi connectivity index (χ4n) is 4.81. The molecule has 190 valence electrons. The maximum Gasteiger partial charge on any atom is 0.307 e. The van der Waals surface area contributed by atoms with E-state index in [4.69, 9.17) is 14.2 Å². The van der Waals surface area contributed by atoms with Crippen molar-refractivity contribution in [3.63, 3.8) is 0 Å². The van der Waals surface area contributed by atoms with Crippen LogP contribution in [0.15, 0.2) is 54.6 Å². The summed E-state index contributed by atoms with van der Waals surface area (Å²) >= 11 is 0. The van der Waals surface area contributed by atoms with Crippen LogP contribution in [0.1, 0.15) is 44.4 Å². The van der Waals surface area contributed by atoms with Gasteiger partial charge in [-0.2, -0.15) is 0 Å². The molecular weight excluding hydrogens is 456 g/mol. The minimum Gasteiger partial charge on any atom is -0.490 e. The van der Waals surface area contributed by atoms with Crippen molar-refractivity contribution < 1.29 is 23.8 Å². The van der Waals surface area contributed by atoms with Crippen LogP contribution in [0.3, 0.4) is 0 Å². The topological polar surface area (TPSA) is 77.1 Å². The smallest absolute Gasteiger partial charge is 0.307 e. The number of hydrogen-bond acceptors (Lipinski definition) is 6. The van der Waals surface area contributed by atoms with E-state index < -0.39 is 0 Å². The van der Waals surface area contributed by atoms with Gasteiger partial charge in [0.2, 0.25) is 5.91 Å². The molecule has 3 aromatic carbocycles. The Morgan fingerprint density at radius 2 is 1.67 bits per heavy atom. The lowest BCUT2D eigenvalue weighted by atomic mass is 9.90. The zero-order valence-corrected chi connectivity index (χ0v) is 21.2. The molecule has 7 heteroatoms. The Balaban J connectivity index is 1.60. The summed E-state index contributed by atoms with van der Waals surface area (Å²) in [5, 5.41) is 5.13. The van der Waals surface area contributed by atoms with E-state index in [0.29, 0.717) is 37.9 Å². The first-order valence-electron chi connectivity index (χ1n) is 12.6. The van der Waals surface area contributed by atoms with Crippen LogP contribution in [0.5, 0.6) is 11.5 Å². The summed E-state index contributed by atoms with van der Waals surface area (Å²) in [6.45, 7) is 7.80. The van der Waals surface area contributed by atoms with E-state index in [-0.39, 0.29) is 30.9 Å². The number of nitrogens with one attached hydrogen (secondary N) is 1. The van der Waals surface area contributed by atoms with Gasteiger partial charge in [-0.3, -0.25) is 14.5 Å². The molecule has 1 atom stereocenters. The third kappa shape index (κ3) is 5.79. The number of esters is 1. The molecule has 3 aromatic rings. The van der Waals surface area contributed by atoms with Crippen molar-refractivity contribution in [2.24, 2.45) is 0 Å². The van der Waals surface area contributed by atoms with E-state index in [1.165, 1.54) is 0 Å². The normalized spacial score (nSPS) is 15.2. The summed E-state index contributed by atoms with van der Waals surface area (Å²) in [6, 6.07) is 17.5. The monoisotopic (exact) mass is 490 g/mol. The van der Waals surface area contributed by atoms with Crippen LogP contribution in [0.4, 0.5) is 5.69 Å². The van der Waals surface area contributed by atoms with Crippen molar-refractivity contribution in [1.29, 1.82) is 0 Å². The van der Waals surface area contributed by atoms with Gasteiger partial charge in [-0.15, -0.1) is 0 Å². The predicted molar refractivity (Wildman–Crippen MR) is 141 cm³/mol. The average Bonchev–Trinajstić information content (AvgIpc) is 2.87. The van der Waals surface area contributed by atoms with Gasteiger partial charge < -0.3 is 19.5 Å². The van der Waals surface area contributed by atoms with Crippen LogP contribution in [-0.4, -0.2) is 49.7 Å². The highest BCUT2D eigenvalue weighted by molar-refractivity contribution is 6.02. The fraction of sp³-hybridized carbons (Fsp3) is 0.379. The van der Waals surface area contributed by atoms with Crippen LogP contribution < -0.4 is 14.8 Å². The zero-order valence-electron chi connectivity index (χ0n) is 21.2. The molecule has 0 fully saturated rings. The zero-order chi connectivity index (χ0) is 25.5. The molecule has 1 heterocycles. The van der Waals surface area contributed by atoms with Gasteiger partial charge in [-0.1, -0.05) is 36.4 Å². The minimum absolute atomic E-state index is 0.125. The Kier molecular flexibility index (Phi) is 8.44. The average molecular weight is 491 g/mol. The SMILES string of the molecule is CCOC(=O)CC1c2cc(OCC)c(OCC)cc2CCN1CC(=O)Nc1cccc2ccccc12. The standard InChI is InChI=1S/C29H34N2O5/c1-4-34-26-16-21-14-15-31(25(18-29(33)36-6-3)23(21)17-27(26)35-5-2)19-28(32)30-24-13-9-11-20-10-7-8-12-22(20)24/h7-13,16-17,25H,4-6,14-15,18-19H2,1-3H3,(H,30,32). The highest BCUT2D eigenvalue weighted by Gasteiger charge is 2.32. The van der Waals surface area contributed by atoms with E-state index in [9.17, 15) is 9.59 Å². The Morgan fingerprint density at radius 1 is 0.944 bits per heavy atom. The van der Waals surface area contributed by atoms with Gasteiger partial charge in [0, 0.05) is 23.7 Å². The molecule has 0 saturated heterocycles. The maximum atomic E-state index is 13.2. The van der Waals surface area contributed by atoms with Gasteiger partial charge >= 0.3 is 5.97 Å². The molecule has 0 bridgehead atoms. The second-order valence-corrected chi connectivity index (χ2v) is 8.68. The molecule has 1 aliphatic rings. The quantitative estimate of drug-likeness (QED) is 0.397. The van der Waals surface area contributed by atoms with Crippen molar-refractivity contribution >= 4 is 28.3 Å². The summed E-state index contributed by atoms with van der Waals surface area (Å²) in [4.78, 5) is 27.8. The second-order valence-electron chi connectivity index (χ2n) is 8.68. The van der Waals surface area contributed by atoms with Gasteiger partial charge in [-0.05, 0) is 61.9 Å². The Morgan fingerprint density at radius 3 is 2.42 bits per heavy atom. The molecule has 0 spiro atoms. The molecule has 1 aliphatic heterocycles. The van der Waals surface area contributed by atoms with Gasteiger partial charge in [0.25, 0.3) is 0 Å². The lowest BCUT2D eigenvalue weighted by Gasteiger charge is -2.37. The third-order valence-corrected chi connectivity index (χ3v) is 6.35. The van der Waals surface area contributed by atoms with Crippen LogP contribution in [0, 0.1) is 0 Å². The van der Waals surface area contributed by atoms with Gasteiger partial charge in [0.15, 0.2) is 11.5 Å². The summed E-state index contributed by atoms with van der Waals surface area (Å²) < 4.78 is 16.9. The van der Waals surface area contributed by atoms with Gasteiger partial charge in [-0.25, -0.2) is 0 Å². The van der Waals surface area contributed by atoms with E-state index in [1.54, 1.807) is 6.92 Å². The first-order chi connectivity index (χ1) is 17.5. The van der Waals surface area contributed by atoms with E-state index >= 15 is 0 Å². The third-order valence-electron chi connectivity index (χ3n) is 6.35. The van der Waals surface area contributed by atoms with E-state index in [0.717, 1.165) is 34.0 Å². The van der Waals surface area contributed by atoms with E-state index in [2.05, 4.69) is 10.2 Å². The molecular formula is C29H34N2O5. The number of rotatable bonds is 10. The van der Waals surface area contributed by atoms with Gasteiger partial charge in [0.05, 0.1) is 32.8 Å². The summed E-state index contributed by atoms with van der Waals surface area (Å²) in [5.74, 6) is 0.936. The molecule has 4 rings (SSSR count). The number of carbonyl (C=O) groups is 2. The largest absolute Gasteiger partial charge is 0.490 e. The number of amides is 1. The second kappa shape index (κ2) is 11.9. The minimum atomic E-state index is -0.305. The van der Waals surface area contributed by atoms with Crippen LogP contribution >= 0.6 is 0 Å². The molecule has 0 radical (unpaired) electrons. The van der Waals surface area contributed by atoms with Crippen molar-refractivity contribution in [2.45, 2.75) is 39.7 Å². The first kappa shape index (κ1) is 25.5. The number of fused-ring (bicyclic) bond motifs is 2. The van der Waals surface area contributed by atoms with E-state index in [1.807, 2.05) is 68.4 Å². The molecule has 0 aromatic heterocycles. The van der Waals surface area contributed by atoms with Crippen LogP contribution in [0.25, 0.3) is 10.8 Å². The van der Waals surface area contributed by atoms with Crippen LogP contribution in [-0.2, 0) is 20.7 Å². The summed E-state index contributed by atoms with van der Waals surface area (Å²) in [6.07, 6.45) is 0.893. The summed E-state index contributed by atoms with van der Waals surface area (Å²) in [7, 11) is 0. The number of carbonyl (C=O) groups excluding carboxylic acids is 2. The number of hydrogen-bond donors (Lipinski definition) is 1. The number of benzene rings is 3. The van der Waals surface area contributed by atoms with Crippen molar-refractivity contribution in [2.75, 3.05) is 38.2 Å². The highest BCUT2D eigenvalue weighted by atomic mass is 16.5. The molecule has 1 unspecified atom stereocenters. The Hall–Kier alpha value is -3.58. The van der Waals surface area contributed by atoms with Crippen molar-refractivity contribution in [3.05, 3.63) is 65.7 Å².